The van der Waals surface area contributed by atoms with Crippen molar-refractivity contribution < 1.29 is 13.2 Å². The molecule has 1 fully saturated rings. The number of likely N-dealkylation sites (N-methyl/N-ethyl adjacent to an activating group) is 2. The molecule has 28 heavy (non-hydrogen) atoms. The van der Waals surface area contributed by atoms with Gasteiger partial charge in [0.15, 0.2) is 0 Å². The smallest absolute Gasteiger partial charge is 0.243 e. The molecule has 0 aromatic heterocycles. The maximum atomic E-state index is 13.4. The van der Waals surface area contributed by atoms with Crippen LogP contribution in [0.25, 0.3) is 0 Å². The van der Waals surface area contributed by atoms with Crippen LogP contribution in [0.15, 0.2) is 59.5 Å². The normalized spacial score (nSPS) is 18.8. The van der Waals surface area contributed by atoms with Crippen LogP contribution in [0.2, 0.25) is 0 Å². The highest BCUT2D eigenvalue weighted by Gasteiger charge is 2.36. The second kappa shape index (κ2) is 8.43. The molecule has 0 radical (unpaired) electrons. The molecule has 1 saturated heterocycles. The Morgan fingerprint density at radius 2 is 1.68 bits per heavy atom. The fourth-order valence-electron chi connectivity index (χ4n) is 3.38. The lowest BCUT2D eigenvalue weighted by Crippen LogP contribution is -2.49. The molecule has 1 atom stereocenters. The van der Waals surface area contributed by atoms with E-state index < -0.39 is 10.0 Å². The fourth-order valence-corrected chi connectivity index (χ4v) is 4.98. The summed E-state index contributed by atoms with van der Waals surface area (Å²) in [5, 5.41) is 0. The Balaban J connectivity index is 1.87. The first-order chi connectivity index (χ1) is 13.3. The average molecular weight is 402 g/mol. The van der Waals surface area contributed by atoms with Crippen molar-refractivity contribution in [3.8, 4) is 0 Å². The standard InChI is InChI=1S/C21H27N3O3S/c1-22(2)21(25)15-17-9-11-19(12-10-17)28(26,27)24-14-13-23(3)16-20(24)18-7-5-4-6-8-18/h4-12,20H,13-16H2,1-3H3/t20-/m1/s1. The molecule has 0 unspecified atom stereocenters. The maximum absolute atomic E-state index is 13.4. The number of carbonyl (C=O) groups is 1. The Morgan fingerprint density at radius 3 is 2.29 bits per heavy atom. The van der Waals surface area contributed by atoms with E-state index in [9.17, 15) is 13.2 Å². The lowest BCUT2D eigenvalue weighted by Gasteiger charge is -2.39. The molecule has 0 N–H and O–H groups in total. The SMILES string of the molecule is CN1CCN(S(=O)(=O)c2ccc(CC(=O)N(C)C)cc2)[C@@H](c2ccccc2)C1. The zero-order chi connectivity index (χ0) is 20.3. The number of amides is 1. The largest absolute Gasteiger partial charge is 0.349 e. The van der Waals surface area contributed by atoms with E-state index in [0.717, 1.165) is 11.1 Å². The molecule has 1 aliphatic heterocycles. The highest BCUT2D eigenvalue weighted by atomic mass is 32.2. The van der Waals surface area contributed by atoms with E-state index in [1.807, 2.05) is 37.4 Å². The molecule has 7 heteroatoms. The average Bonchev–Trinajstić information content (AvgIpc) is 2.68. The van der Waals surface area contributed by atoms with E-state index in [-0.39, 0.29) is 23.3 Å². The summed E-state index contributed by atoms with van der Waals surface area (Å²) in [4.78, 5) is 15.8. The molecule has 1 heterocycles. The van der Waals surface area contributed by atoms with Gasteiger partial charge in [0, 0.05) is 33.7 Å². The van der Waals surface area contributed by atoms with Gasteiger partial charge in [-0.05, 0) is 30.3 Å². The van der Waals surface area contributed by atoms with Crippen LogP contribution in [0, 0.1) is 0 Å². The topological polar surface area (TPSA) is 60.9 Å². The third-order valence-corrected chi connectivity index (χ3v) is 7.03. The number of nitrogens with zero attached hydrogens (tertiary/aromatic N) is 3. The monoisotopic (exact) mass is 401 g/mol. The highest BCUT2D eigenvalue weighted by Crippen LogP contribution is 2.30. The van der Waals surface area contributed by atoms with Crippen molar-refractivity contribution in [2.45, 2.75) is 17.4 Å². The van der Waals surface area contributed by atoms with Crippen LogP contribution in [0.5, 0.6) is 0 Å². The van der Waals surface area contributed by atoms with Gasteiger partial charge in [-0.25, -0.2) is 8.42 Å². The summed E-state index contributed by atoms with van der Waals surface area (Å²) in [6, 6.07) is 16.2. The second-order valence-corrected chi connectivity index (χ2v) is 9.30. The zero-order valence-corrected chi connectivity index (χ0v) is 17.4. The van der Waals surface area contributed by atoms with Gasteiger partial charge in [0.1, 0.15) is 0 Å². The molecule has 3 rings (SSSR count). The van der Waals surface area contributed by atoms with Crippen molar-refractivity contribution in [2.75, 3.05) is 40.8 Å². The summed E-state index contributed by atoms with van der Waals surface area (Å²) < 4.78 is 28.3. The van der Waals surface area contributed by atoms with E-state index in [2.05, 4.69) is 4.90 Å². The summed E-state index contributed by atoms with van der Waals surface area (Å²) in [5.74, 6) is -0.0150. The molecule has 6 nitrogen and oxygen atoms in total. The van der Waals surface area contributed by atoms with Gasteiger partial charge in [-0.1, -0.05) is 42.5 Å². The van der Waals surface area contributed by atoms with Crippen molar-refractivity contribution in [3.63, 3.8) is 0 Å². The van der Waals surface area contributed by atoms with Crippen LogP contribution in [0.1, 0.15) is 17.2 Å². The first-order valence-electron chi connectivity index (χ1n) is 9.33. The first kappa shape index (κ1) is 20.5. The molecule has 2 aromatic rings. The molecule has 0 aliphatic carbocycles. The number of benzene rings is 2. The van der Waals surface area contributed by atoms with Gasteiger partial charge in [0.2, 0.25) is 15.9 Å². The summed E-state index contributed by atoms with van der Waals surface area (Å²) in [6.07, 6.45) is 0.258. The van der Waals surface area contributed by atoms with Gasteiger partial charge < -0.3 is 9.80 Å². The number of hydrogen-bond donors (Lipinski definition) is 0. The van der Waals surface area contributed by atoms with Crippen molar-refractivity contribution in [2.24, 2.45) is 0 Å². The third-order valence-electron chi connectivity index (χ3n) is 5.10. The third kappa shape index (κ3) is 4.43. The van der Waals surface area contributed by atoms with Crippen molar-refractivity contribution in [3.05, 3.63) is 65.7 Å². The number of carbonyl (C=O) groups excluding carboxylic acids is 1. The minimum absolute atomic E-state index is 0.0150. The molecule has 0 spiro atoms. The number of piperazine rings is 1. The van der Waals surface area contributed by atoms with Gasteiger partial charge in [0.25, 0.3) is 0 Å². The van der Waals surface area contributed by atoms with E-state index in [1.54, 1.807) is 42.7 Å². The minimum Gasteiger partial charge on any atom is -0.349 e. The second-order valence-electron chi connectivity index (χ2n) is 7.41. The fraction of sp³-hybridized carbons (Fsp3) is 0.381. The minimum atomic E-state index is -3.63. The van der Waals surface area contributed by atoms with Crippen molar-refractivity contribution in [1.29, 1.82) is 0 Å². The molecular formula is C21H27N3O3S. The van der Waals surface area contributed by atoms with Gasteiger partial charge >= 0.3 is 0 Å². The Morgan fingerprint density at radius 1 is 1.04 bits per heavy atom. The molecule has 0 bridgehead atoms. The maximum Gasteiger partial charge on any atom is 0.243 e. The van der Waals surface area contributed by atoms with Crippen LogP contribution in [-0.2, 0) is 21.2 Å². The van der Waals surface area contributed by atoms with Crippen molar-refractivity contribution >= 4 is 15.9 Å². The highest BCUT2D eigenvalue weighted by molar-refractivity contribution is 7.89. The van der Waals surface area contributed by atoms with Gasteiger partial charge in [-0.2, -0.15) is 4.31 Å². The Hall–Kier alpha value is -2.22. The Kier molecular flexibility index (Phi) is 6.17. The Bertz CT molecular complexity index is 912. The summed E-state index contributed by atoms with van der Waals surface area (Å²) in [5.41, 5.74) is 1.79. The number of hydrogen-bond acceptors (Lipinski definition) is 4. The lowest BCUT2D eigenvalue weighted by atomic mass is 10.1. The predicted molar refractivity (Wildman–Crippen MR) is 109 cm³/mol. The van der Waals surface area contributed by atoms with Crippen LogP contribution >= 0.6 is 0 Å². The number of sulfonamides is 1. The van der Waals surface area contributed by atoms with Crippen LogP contribution in [-0.4, -0.2) is 69.2 Å². The van der Waals surface area contributed by atoms with Gasteiger partial charge in [-0.3, -0.25) is 4.79 Å². The van der Waals surface area contributed by atoms with Gasteiger partial charge in [-0.15, -0.1) is 0 Å². The summed E-state index contributed by atoms with van der Waals surface area (Å²) in [7, 11) is 1.79. The van der Waals surface area contributed by atoms with E-state index in [4.69, 9.17) is 0 Å². The first-order valence-corrected chi connectivity index (χ1v) is 10.8. The Labute approximate surface area is 167 Å². The molecule has 0 saturated carbocycles. The quantitative estimate of drug-likeness (QED) is 0.769. The van der Waals surface area contributed by atoms with Crippen molar-refractivity contribution in [1.82, 2.24) is 14.1 Å². The number of rotatable bonds is 5. The molecule has 1 aliphatic rings. The van der Waals surface area contributed by atoms with Crippen LogP contribution in [0.3, 0.4) is 0 Å². The molecule has 150 valence electrons. The van der Waals surface area contributed by atoms with Crippen LogP contribution in [0.4, 0.5) is 0 Å². The molecular weight excluding hydrogens is 374 g/mol. The summed E-state index contributed by atoms with van der Waals surface area (Å²) in [6.45, 7) is 1.79. The van der Waals surface area contributed by atoms with E-state index in [0.29, 0.717) is 19.6 Å². The molecule has 2 aromatic carbocycles. The van der Waals surface area contributed by atoms with E-state index >= 15 is 0 Å². The lowest BCUT2D eigenvalue weighted by molar-refractivity contribution is -0.127. The predicted octanol–water partition coefficient (Wildman–Crippen LogP) is 1.99. The summed E-state index contributed by atoms with van der Waals surface area (Å²) >= 11 is 0. The van der Waals surface area contributed by atoms with Crippen LogP contribution < -0.4 is 0 Å². The van der Waals surface area contributed by atoms with E-state index in [1.165, 1.54) is 4.90 Å². The molecule has 1 amide bonds. The van der Waals surface area contributed by atoms with Gasteiger partial charge in [0.05, 0.1) is 17.4 Å². The zero-order valence-electron chi connectivity index (χ0n) is 16.6.